The van der Waals surface area contributed by atoms with E-state index in [0.29, 0.717) is 11.0 Å². The first-order valence-corrected chi connectivity index (χ1v) is 6.70. The molecule has 1 aromatic heterocycles. The Balaban J connectivity index is 1.96. The largest absolute Gasteiger partial charge is 0.325 e. The van der Waals surface area contributed by atoms with Crippen molar-refractivity contribution >= 4 is 29.0 Å². The van der Waals surface area contributed by atoms with Gasteiger partial charge in [-0.25, -0.2) is 4.98 Å². The van der Waals surface area contributed by atoms with E-state index in [-0.39, 0.29) is 11.4 Å². The average molecular weight is 311 g/mol. The van der Waals surface area contributed by atoms with Gasteiger partial charge in [-0.2, -0.15) is 4.39 Å². The van der Waals surface area contributed by atoms with E-state index in [2.05, 4.69) is 20.5 Å². The monoisotopic (exact) mass is 311 g/mol. The van der Waals surface area contributed by atoms with Gasteiger partial charge in [0.2, 0.25) is 16.9 Å². The number of nitro groups is 1. The molecule has 0 radical (unpaired) electrons. The Bertz CT molecular complexity index is 690. The van der Waals surface area contributed by atoms with Crippen LogP contribution in [0.4, 0.5) is 15.8 Å². The lowest BCUT2D eigenvalue weighted by Gasteiger charge is -2.04. The number of H-pyrrole nitrogens is 1. The van der Waals surface area contributed by atoms with Gasteiger partial charge in [0.1, 0.15) is 5.82 Å². The number of hydrogen-bond acceptors (Lipinski definition) is 6. The molecular weight excluding hydrogens is 301 g/mol. The van der Waals surface area contributed by atoms with Crippen molar-refractivity contribution < 1.29 is 14.1 Å². The first-order valence-electron chi connectivity index (χ1n) is 5.71. The summed E-state index contributed by atoms with van der Waals surface area (Å²) in [6, 6.07) is 3.15. The van der Waals surface area contributed by atoms with Crippen LogP contribution in [0.5, 0.6) is 0 Å². The molecule has 0 unspecified atom stereocenters. The lowest BCUT2D eigenvalue weighted by atomic mass is 10.2. The van der Waals surface area contributed by atoms with Crippen LogP contribution < -0.4 is 5.32 Å². The van der Waals surface area contributed by atoms with Crippen LogP contribution in [0.15, 0.2) is 23.4 Å². The highest BCUT2D eigenvalue weighted by atomic mass is 32.2. The lowest BCUT2D eigenvalue weighted by Crippen LogP contribution is -2.14. The number of thioether (sulfide) groups is 1. The number of carbonyl (C=O) groups is 1. The molecule has 8 nitrogen and oxygen atoms in total. The highest BCUT2D eigenvalue weighted by Gasteiger charge is 2.15. The van der Waals surface area contributed by atoms with Crippen LogP contribution in [0.3, 0.4) is 0 Å². The molecule has 0 aliphatic heterocycles. The summed E-state index contributed by atoms with van der Waals surface area (Å²) < 4.78 is 13.2. The van der Waals surface area contributed by atoms with Crippen molar-refractivity contribution in [3.8, 4) is 0 Å². The normalized spacial score (nSPS) is 10.4. The molecule has 1 heterocycles. The van der Waals surface area contributed by atoms with Gasteiger partial charge in [-0.15, -0.1) is 5.10 Å². The summed E-state index contributed by atoms with van der Waals surface area (Å²) in [6.45, 7) is 1.73. The molecule has 2 aromatic rings. The second-order valence-electron chi connectivity index (χ2n) is 3.96. The summed E-state index contributed by atoms with van der Waals surface area (Å²) in [5, 5.41) is 20.0. The van der Waals surface area contributed by atoms with Crippen LogP contribution in [-0.4, -0.2) is 31.8 Å². The van der Waals surface area contributed by atoms with E-state index in [1.165, 1.54) is 6.07 Å². The maximum atomic E-state index is 13.2. The van der Waals surface area contributed by atoms with Crippen LogP contribution in [0.1, 0.15) is 5.82 Å². The number of nitro benzene ring substituents is 1. The SMILES string of the molecule is Cc1nc(SCC(=O)Nc2ccc(F)c([N+](=O)[O-])c2)n[nH]1. The minimum Gasteiger partial charge on any atom is -0.325 e. The minimum atomic E-state index is -0.955. The molecule has 0 spiro atoms. The number of nitrogens with one attached hydrogen (secondary N) is 2. The Morgan fingerprint density at radius 1 is 1.57 bits per heavy atom. The van der Waals surface area contributed by atoms with Crippen molar-refractivity contribution in [3.05, 3.63) is 40.0 Å². The van der Waals surface area contributed by atoms with Gasteiger partial charge in [-0.1, -0.05) is 11.8 Å². The van der Waals surface area contributed by atoms with Gasteiger partial charge in [0.25, 0.3) is 0 Å². The minimum absolute atomic E-state index is 0.0302. The van der Waals surface area contributed by atoms with Gasteiger partial charge in [0.05, 0.1) is 10.7 Å². The lowest BCUT2D eigenvalue weighted by molar-refractivity contribution is -0.387. The molecule has 110 valence electrons. The molecule has 1 amide bonds. The second-order valence-corrected chi connectivity index (χ2v) is 4.91. The fourth-order valence-electron chi connectivity index (χ4n) is 1.44. The number of amides is 1. The average Bonchev–Trinajstić information content (AvgIpc) is 2.84. The number of aromatic nitrogens is 3. The number of carbonyl (C=O) groups excluding carboxylic acids is 1. The number of benzene rings is 1. The fraction of sp³-hybridized carbons (Fsp3) is 0.182. The number of aryl methyl sites for hydroxylation is 1. The third-order valence-electron chi connectivity index (χ3n) is 2.34. The Morgan fingerprint density at radius 3 is 2.95 bits per heavy atom. The summed E-state index contributed by atoms with van der Waals surface area (Å²) in [5.74, 6) is -0.693. The van der Waals surface area contributed by atoms with Crippen molar-refractivity contribution in [1.82, 2.24) is 15.2 Å². The van der Waals surface area contributed by atoms with Gasteiger partial charge in [0.15, 0.2) is 0 Å². The number of halogens is 1. The topological polar surface area (TPSA) is 114 Å². The highest BCUT2D eigenvalue weighted by Crippen LogP contribution is 2.22. The van der Waals surface area contributed by atoms with E-state index in [9.17, 15) is 19.3 Å². The zero-order chi connectivity index (χ0) is 15.4. The van der Waals surface area contributed by atoms with Crippen LogP contribution in [-0.2, 0) is 4.79 Å². The number of nitrogens with zero attached hydrogens (tertiary/aromatic N) is 3. The zero-order valence-electron chi connectivity index (χ0n) is 10.8. The van der Waals surface area contributed by atoms with Crippen molar-refractivity contribution in [3.63, 3.8) is 0 Å². The molecule has 0 bridgehead atoms. The zero-order valence-corrected chi connectivity index (χ0v) is 11.6. The number of hydrogen-bond donors (Lipinski definition) is 2. The molecule has 0 aliphatic rings. The maximum Gasteiger partial charge on any atom is 0.306 e. The molecule has 21 heavy (non-hydrogen) atoms. The first kappa shape index (κ1) is 14.9. The van der Waals surface area contributed by atoms with Gasteiger partial charge in [0, 0.05) is 11.8 Å². The molecule has 10 heteroatoms. The summed E-state index contributed by atoms with van der Waals surface area (Å²) in [5.41, 5.74) is -0.537. The molecule has 1 aromatic carbocycles. The second kappa shape index (κ2) is 6.31. The van der Waals surface area contributed by atoms with E-state index in [4.69, 9.17) is 0 Å². The van der Waals surface area contributed by atoms with E-state index < -0.39 is 22.3 Å². The Kier molecular flexibility index (Phi) is 4.48. The highest BCUT2D eigenvalue weighted by molar-refractivity contribution is 7.99. The predicted molar refractivity (Wildman–Crippen MR) is 73.5 cm³/mol. The molecule has 0 aliphatic carbocycles. The number of anilines is 1. The maximum absolute atomic E-state index is 13.2. The van der Waals surface area contributed by atoms with Gasteiger partial charge in [-0.05, 0) is 19.1 Å². The molecule has 0 fully saturated rings. The summed E-state index contributed by atoms with van der Waals surface area (Å²) in [6.07, 6.45) is 0. The predicted octanol–water partition coefficient (Wildman–Crippen LogP) is 1.89. The Hall–Kier alpha value is -2.49. The Labute approximate surface area is 122 Å². The van der Waals surface area contributed by atoms with Crippen molar-refractivity contribution in [2.24, 2.45) is 0 Å². The standard InChI is InChI=1S/C11H10FN5O3S/c1-6-13-11(16-15-6)21-5-10(18)14-7-2-3-8(12)9(4-7)17(19)20/h2-4H,5H2,1H3,(H,14,18)(H,13,15,16). The molecule has 2 N–H and O–H groups in total. The van der Waals surface area contributed by atoms with Gasteiger partial charge < -0.3 is 5.32 Å². The molecular formula is C11H10FN5O3S. The fourth-order valence-corrected chi connectivity index (χ4v) is 2.09. The van der Waals surface area contributed by atoms with E-state index in [1.807, 2.05) is 0 Å². The number of aromatic amines is 1. The van der Waals surface area contributed by atoms with Crippen LogP contribution >= 0.6 is 11.8 Å². The summed E-state index contributed by atoms with van der Waals surface area (Å²) in [7, 11) is 0. The first-order chi connectivity index (χ1) is 9.95. The summed E-state index contributed by atoms with van der Waals surface area (Å²) in [4.78, 5) is 25.5. The molecule has 0 saturated heterocycles. The van der Waals surface area contributed by atoms with Crippen molar-refractivity contribution in [2.75, 3.05) is 11.1 Å². The van der Waals surface area contributed by atoms with Crippen LogP contribution in [0.25, 0.3) is 0 Å². The Morgan fingerprint density at radius 2 is 2.33 bits per heavy atom. The quantitative estimate of drug-likeness (QED) is 0.495. The number of rotatable bonds is 5. The van der Waals surface area contributed by atoms with Crippen LogP contribution in [0.2, 0.25) is 0 Å². The third-order valence-corrected chi connectivity index (χ3v) is 3.18. The van der Waals surface area contributed by atoms with Gasteiger partial charge in [-0.3, -0.25) is 20.0 Å². The smallest absolute Gasteiger partial charge is 0.306 e. The third kappa shape index (κ3) is 3.99. The van der Waals surface area contributed by atoms with Crippen LogP contribution in [0, 0.1) is 22.9 Å². The van der Waals surface area contributed by atoms with E-state index in [0.717, 1.165) is 23.9 Å². The van der Waals surface area contributed by atoms with E-state index in [1.54, 1.807) is 6.92 Å². The van der Waals surface area contributed by atoms with Gasteiger partial charge >= 0.3 is 5.69 Å². The molecule has 2 rings (SSSR count). The molecule has 0 atom stereocenters. The van der Waals surface area contributed by atoms with Crippen molar-refractivity contribution in [2.45, 2.75) is 12.1 Å². The molecule has 0 saturated carbocycles. The van der Waals surface area contributed by atoms with Crippen molar-refractivity contribution in [1.29, 1.82) is 0 Å². The van der Waals surface area contributed by atoms with E-state index >= 15 is 0 Å². The summed E-state index contributed by atoms with van der Waals surface area (Å²) >= 11 is 1.11.